The van der Waals surface area contributed by atoms with Gasteiger partial charge >= 0.3 is 6.18 Å². The highest BCUT2D eigenvalue weighted by atomic mass is 19.4. The molecule has 1 N–H and O–H groups in total. The summed E-state index contributed by atoms with van der Waals surface area (Å²) in [4.78, 5) is 0. The predicted molar refractivity (Wildman–Crippen MR) is 34.0 cm³/mol. The number of aliphatic hydroxyl groups excluding tert-OH is 1. The Morgan fingerprint density at radius 3 is 2.00 bits per heavy atom. The molecule has 1 rings (SSSR count). The normalized spacial score (nSPS) is 24.8. The Kier molecular flexibility index (Phi) is 1.90. The number of hydrogen-bond acceptors (Lipinski definition) is 1. The van der Waals surface area contributed by atoms with E-state index in [1.807, 2.05) is 0 Å². The van der Waals surface area contributed by atoms with Gasteiger partial charge in [0, 0.05) is 6.61 Å². The zero-order valence-corrected chi connectivity index (χ0v) is 6.28. The average Bonchev–Trinajstić information content (AvgIpc) is 2.63. The van der Waals surface area contributed by atoms with Crippen molar-refractivity contribution in [3.05, 3.63) is 0 Å². The van der Waals surface area contributed by atoms with Crippen LogP contribution in [0.2, 0.25) is 0 Å². The van der Waals surface area contributed by atoms with Crippen molar-refractivity contribution in [2.24, 2.45) is 11.3 Å². The maximum absolute atomic E-state index is 12.2. The Labute approximate surface area is 63.2 Å². The summed E-state index contributed by atoms with van der Waals surface area (Å²) in [7, 11) is 0. The number of hydrogen-bond donors (Lipinski definition) is 1. The minimum Gasteiger partial charge on any atom is -0.396 e. The van der Waals surface area contributed by atoms with E-state index in [9.17, 15) is 13.2 Å². The SMILES string of the molecule is CC(CO)C1(C(F)(F)F)CC1. The first-order chi connectivity index (χ1) is 4.94. The molecule has 0 spiro atoms. The molecule has 0 heterocycles. The summed E-state index contributed by atoms with van der Waals surface area (Å²) in [6, 6.07) is 0. The summed E-state index contributed by atoms with van der Waals surface area (Å²) in [5, 5.41) is 8.57. The third-order valence-corrected chi connectivity index (χ3v) is 2.57. The molecule has 66 valence electrons. The quantitative estimate of drug-likeness (QED) is 0.668. The maximum Gasteiger partial charge on any atom is 0.394 e. The number of halogens is 3. The summed E-state index contributed by atoms with van der Waals surface area (Å²) in [5.41, 5.74) is -1.55. The second-order valence-corrected chi connectivity index (χ2v) is 3.24. The standard InChI is InChI=1S/C7H11F3O/c1-5(4-11)6(2-3-6)7(8,9)10/h5,11H,2-4H2,1H3. The van der Waals surface area contributed by atoms with Gasteiger partial charge in [0.1, 0.15) is 0 Å². The van der Waals surface area contributed by atoms with Gasteiger partial charge in [0.05, 0.1) is 5.41 Å². The van der Waals surface area contributed by atoms with Gasteiger partial charge in [0.15, 0.2) is 0 Å². The molecule has 1 fully saturated rings. The summed E-state index contributed by atoms with van der Waals surface area (Å²) in [6.45, 7) is 1.07. The van der Waals surface area contributed by atoms with Crippen molar-refractivity contribution >= 4 is 0 Å². The third-order valence-electron chi connectivity index (χ3n) is 2.57. The van der Waals surface area contributed by atoms with Crippen molar-refractivity contribution in [3.63, 3.8) is 0 Å². The smallest absolute Gasteiger partial charge is 0.394 e. The lowest BCUT2D eigenvalue weighted by atomic mass is 9.91. The van der Waals surface area contributed by atoms with E-state index in [4.69, 9.17) is 5.11 Å². The van der Waals surface area contributed by atoms with Gasteiger partial charge in [-0.25, -0.2) is 0 Å². The molecule has 0 aromatic rings. The van der Waals surface area contributed by atoms with Crippen LogP contribution in [-0.2, 0) is 0 Å². The molecule has 0 amide bonds. The van der Waals surface area contributed by atoms with Crippen LogP contribution in [-0.4, -0.2) is 17.9 Å². The number of alkyl halides is 3. The van der Waals surface area contributed by atoms with Crippen LogP contribution in [0, 0.1) is 11.3 Å². The minimum atomic E-state index is -4.13. The summed E-state index contributed by atoms with van der Waals surface area (Å²) < 4.78 is 36.7. The van der Waals surface area contributed by atoms with E-state index >= 15 is 0 Å². The Bertz CT molecular complexity index is 148. The molecule has 0 radical (unpaired) electrons. The molecular formula is C7H11F3O. The van der Waals surface area contributed by atoms with Gasteiger partial charge in [-0.3, -0.25) is 0 Å². The Hall–Kier alpha value is -0.250. The second kappa shape index (κ2) is 2.37. The van der Waals surface area contributed by atoms with E-state index in [1.165, 1.54) is 6.92 Å². The fourth-order valence-electron chi connectivity index (χ4n) is 1.37. The lowest BCUT2D eigenvalue weighted by molar-refractivity contribution is -0.204. The fourth-order valence-corrected chi connectivity index (χ4v) is 1.37. The van der Waals surface area contributed by atoms with Gasteiger partial charge < -0.3 is 5.11 Å². The van der Waals surface area contributed by atoms with Crippen LogP contribution in [0.5, 0.6) is 0 Å². The second-order valence-electron chi connectivity index (χ2n) is 3.24. The first-order valence-electron chi connectivity index (χ1n) is 3.61. The van der Waals surface area contributed by atoms with E-state index in [0.717, 1.165) is 0 Å². The van der Waals surface area contributed by atoms with E-state index in [1.54, 1.807) is 0 Å². The Morgan fingerprint density at radius 2 is 1.91 bits per heavy atom. The molecule has 0 saturated heterocycles. The zero-order valence-electron chi connectivity index (χ0n) is 6.28. The van der Waals surface area contributed by atoms with Crippen molar-refractivity contribution in [2.75, 3.05) is 6.61 Å². The molecular weight excluding hydrogens is 157 g/mol. The molecule has 0 aromatic heterocycles. The first kappa shape index (κ1) is 8.84. The van der Waals surface area contributed by atoms with Crippen molar-refractivity contribution in [3.8, 4) is 0 Å². The largest absolute Gasteiger partial charge is 0.396 e. The van der Waals surface area contributed by atoms with Gasteiger partial charge in [-0.2, -0.15) is 13.2 Å². The lowest BCUT2D eigenvalue weighted by Crippen LogP contribution is -2.32. The molecule has 1 nitrogen and oxygen atoms in total. The molecule has 0 aliphatic heterocycles. The van der Waals surface area contributed by atoms with E-state index in [0.29, 0.717) is 0 Å². The molecule has 11 heavy (non-hydrogen) atoms. The predicted octanol–water partition coefficient (Wildman–Crippen LogP) is 1.96. The molecule has 1 saturated carbocycles. The van der Waals surface area contributed by atoms with E-state index < -0.39 is 17.5 Å². The highest BCUT2D eigenvalue weighted by molar-refractivity contribution is 5.02. The van der Waals surface area contributed by atoms with Crippen molar-refractivity contribution in [2.45, 2.75) is 25.9 Å². The van der Waals surface area contributed by atoms with Gasteiger partial charge in [-0.05, 0) is 18.8 Å². The molecule has 0 bridgehead atoms. The maximum atomic E-state index is 12.2. The van der Waals surface area contributed by atoms with Crippen LogP contribution >= 0.6 is 0 Å². The highest BCUT2D eigenvalue weighted by Crippen LogP contribution is 2.62. The topological polar surface area (TPSA) is 20.2 Å². The lowest BCUT2D eigenvalue weighted by Gasteiger charge is -2.24. The number of rotatable bonds is 2. The monoisotopic (exact) mass is 168 g/mol. The van der Waals surface area contributed by atoms with Crippen LogP contribution in [0.25, 0.3) is 0 Å². The Morgan fingerprint density at radius 1 is 1.45 bits per heavy atom. The van der Waals surface area contributed by atoms with Crippen molar-refractivity contribution < 1.29 is 18.3 Å². The van der Waals surface area contributed by atoms with Crippen LogP contribution in [0.1, 0.15) is 19.8 Å². The van der Waals surface area contributed by atoms with Crippen LogP contribution in [0.15, 0.2) is 0 Å². The van der Waals surface area contributed by atoms with Gasteiger partial charge in [-0.15, -0.1) is 0 Å². The van der Waals surface area contributed by atoms with Crippen molar-refractivity contribution in [1.82, 2.24) is 0 Å². The fraction of sp³-hybridized carbons (Fsp3) is 1.00. The molecule has 0 aromatic carbocycles. The summed E-state index contributed by atoms with van der Waals surface area (Å²) >= 11 is 0. The van der Waals surface area contributed by atoms with E-state index in [2.05, 4.69) is 0 Å². The van der Waals surface area contributed by atoms with Crippen LogP contribution in [0.4, 0.5) is 13.2 Å². The minimum absolute atomic E-state index is 0.179. The zero-order chi connectivity index (χ0) is 8.70. The average molecular weight is 168 g/mol. The van der Waals surface area contributed by atoms with Crippen LogP contribution < -0.4 is 0 Å². The molecule has 4 heteroatoms. The van der Waals surface area contributed by atoms with Gasteiger partial charge in [0.2, 0.25) is 0 Å². The van der Waals surface area contributed by atoms with Crippen LogP contribution in [0.3, 0.4) is 0 Å². The molecule has 1 aliphatic carbocycles. The third kappa shape index (κ3) is 1.24. The number of aliphatic hydroxyl groups is 1. The summed E-state index contributed by atoms with van der Waals surface area (Å²) in [6.07, 6.45) is -3.77. The highest BCUT2D eigenvalue weighted by Gasteiger charge is 2.65. The molecule has 1 atom stereocenters. The van der Waals surface area contributed by atoms with Gasteiger partial charge in [0.25, 0.3) is 0 Å². The first-order valence-corrected chi connectivity index (χ1v) is 3.61. The van der Waals surface area contributed by atoms with E-state index in [-0.39, 0.29) is 19.4 Å². The van der Waals surface area contributed by atoms with Gasteiger partial charge in [-0.1, -0.05) is 6.92 Å². The Balaban J connectivity index is 2.68. The molecule has 1 aliphatic rings. The summed E-state index contributed by atoms with van der Waals surface area (Å²) in [5.74, 6) is -0.650. The molecule has 1 unspecified atom stereocenters. The van der Waals surface area contributed by atoms with Crippen molar-refractivity contribution in [1.29, 1.82) is 0 Å².